The molecular formula is C15H19Cl2N3. The Morgan fingerprint density at radius 1 is 1.35 bits per heavy atom. The molecule has 5 heteroatoms. The zero-order chi connectivity index (χ0) is 14.9. The van der Waals surface area contributed by atoms with Gasteiger partial charge in [0.05, 0.1) is 28.8 Å². The standard InChI is InChI=1S/C15H19Cl2N3/c1-10(2)15(3,8-18)20-9-19-7-14(20)12-6-11(16)4-5-13(12)17/h4-7,9-10H,8,18H2,1-3H3. The summed E-state index contributed by atoms with van der Waals surface area (Å²) in [6.07, 6.45) is 3.60. The fourth-order valence-electron chi connectivity index (χ4n) is 2.21. The molecule has 1 unspecified atom stereocenters. The average Bonchev–Trinajstić information content (AvgIpc) is 2.90. The van der Waals surface area contributed by atoms with Crippen molar-refractivity contribution in [1.82, 2.24) is 9.55 Å². The Balaban J connectivity index is 2.61. The van der Waals surface area contributed by atoms with Crippen molar-refractivity contribution in [2.45, 2.75) is 26.3 Å². The summed E-state index contributed by atoms with van der Waals surface area (Å²) in [7, 11) is 0. The molecule has 0 spiro atoms. The molecule has 1 aromatic heterocycles. The van der Waals surface area contributed by atoms with Crippen molar-refractivity contribution in [3.8, 4) is 11.3 Å². The van der Waals surface area contributed by atoms with E-state index in [1.54, 1.807) is 24.7 Å². The van der Waals surface area contributed by atoms with E-state index in [1.165, 1.54) is 0 Å². The topological polar surface area (TPSA) is 43.8 Å². The maximum Gasteiger partial charge on any atom is 0.0956 e. The average molecular weight is 312 g/mol. The van der Waals surface area contributed by atoms with Gasteiger partial charge in [-0.2, -0.15) is 0 Å². The number of imidazole rings is 1. The van der Waals surface area contributed by atoms with Crippen molar-refractivity contribution in [2.75, 3.05) is 6.54 Å². The van der Waals surface area contributed by atoms with Gasteiger partial charge in [0, 0.05) is 17.1 Å². The minimum absolute atomic E-state index is 0.225. The van der Waals surface area contributed by atoms with E-state index in [2.05, 4.69) is 30.3 Å². The molecule has 0 aliphatic heterocycles. The molecule has 1 atom stereocenters. The van der Waals surface area contributed by atoms with Crippen LogP contribution in [0.15, 0.2) is 30.7 Å². The molecule has 20 heavy (non-hydrogen) atoms. The van der Waals surface area contributed by atoms with Gasteiger partial charge in [-0.25, -0.2) is 4.98 Å². The van der Waals surface area contributed by atoms with Gasteiger partial charge in [0.1, 0.15) is 0 Å². The van der Waals surface area contributed by atoms with Gasteiger partial charge in [-0.05, 0) is 31.0 Å². The molecule has 1 heterocycles. The van der Waals surface area contributed by atoms with E-state index in [0.717, 1.165) is 11.3 Å². The van der Waals surface area contributed by atoms with E-state index in [9.17, 15) is 0 Å². The Bertz CT molecular complexity index is 607. The van der Waals surface area contributed by atoms with Gasteiger partial charge in [-0.1, -0.05) is 37.0 Å². The van der Waals surface area contributed by atoms with Crippen LogP contribution in [0.4, 0.5) is 0 Å². The minimum atomic E-state index is -0.225. The predicted octanol–water partition coefficient (Wildman–Crippen LogP) is 4.19. The predicted molar refractivity (Wildman–Crippen MR) is 85.2 cm³/mol. The smallest absolute Gasteiger partial charge is 0.0956 e. The van der Waals surface area contributed by atoms with Crippen molar-refractivity contribution in [3.05, 3.63) is 40.8 Å². The van der Waals surface area contributed by atoms with Gasteiger partial charge in [0.15, 0.2) is 0 Å². The largest absolute Gasteiger partial charge is 0.328 e. The number of aromatic nitrogens is 2. The Morgan fingerprint density at radius 3 is 2.65 bits per heavy atom. The number of nitrogens with two attached hydrogens (primary N) is 1. The summed E-state index contributed by atoms with van der Waals surface area (Å²) in [5.74, 6) is 0.360. The van der Waals surface area contributed by atoms with E-state index in [0.29, 0.717) is 22.5 Å². The van der Waals surface area contributed by atoms with E-state index in [1.807, 2.05) is 6.07 Å². The SMILES string of the molecule is CC(C)C(C)(CN)n1cncc1-c1cc(Cl)ccc1Cl. The molecule has 2 rings (SSSR count). The van der Waals surface area contributed by atoms with Crippen molar-refractivity contribution in [3.63, 3.8) is 0 Å². The van der Waals surface area contributed by atoms with Crippen molar-refractivity contribution in [2.24, 2.45) is 11.7 Å². The van der Waals surface area contributed by atoms with Crippen molar-refractivity contribution < 1.29 is 0 Å². The van der Waals surface area contributed by atoms with Gasteiger partial charge in [-0.15, -0.1) is 0 Å². The maximum absolute atomic E-state index is 6.30. The first-order chi connectivity index (χ1) is 9.40. The molecule has 0 bridgehead atoms. The number of nitrogens with zero attached hydrogens (tertiary/aromatic N) is 2. The normalized spacial score (nSPS) is 14.6. The molecule has 2 N–H and O–H groups in total. The summed E-state index contributed by atoms with van der Waals surface area (Å²) in [6.45, 7) is 6.94. The van der Waals surface area contributed by atoms with E-state index >= 15 is 0 Å². The number of hydrogen-bond donors (Lipinski definition) is 1. The molecule has 1 aromatic carbocycles. The molecule has 0 aliphatic rings. The first-order valence-corrected chi connectivity index (χ1v) is 7.34. The van der Waals surface area contributed by atoms with Gasteiger partial charge in [0.2, 0.25) is 0 Å². The molecule has 2 aromatic rings. The van der Waals surface area contributed by atoms with Crippen LogP contribution in [0.25, 0.3) is 11.3 Å². The first kappa shape index (κ1) is 15.4. The quantitative estimate of drug-likeness (QED) is 0.920. The van der Waals surface area contributed by atoms with Gasteiger partial charge < -0.3 is 10.3 Å². The summed E-state index contributed by atoms with van der Waals surface area (Å²) >= 11 is 12.4. The summed E-state index contributed by atoms with van der Waals surface area (Å²) in [4.78, 5) is 4.27. The van der Waals surface area contributed by atoms with Crippen LogP contribution in [-0.4, -0.2) is 16.1 Å². The van der Waals surface area contributed by atoms with Gasteiger partial charge >= 0.3 is 0 Å². The monoisotopic (exact) mass is 311 g/mol. The lowest BCUT2D eigenvalue weighted by Gasteiger charge is -2.35. The molecule has 0 radical (unpaired) electrons. The van der Waals surface area contributed by atoms with E-state index in [4.69, 9.17) is 28.9 Å². The number of halogens is 2. The summed E-state index contributed by atoms with van der Waals surface area (Å²) < 4.78 is 2.09. The lowest BCUT2D eigenvalue weighted by molar-refractivity contribution is 0.233. The fourth-order valence-corrected chi connectivity index (χ4v) is 2.59. The van der Waals surface area contributed by atoms with E-state index < -0.39 is 0 Å². The van der Waals surface area contributed by atoms with Crippen LogP contribution < -0.4 is 5.73 Å². The Kier molecular flexibility index (Phi) is 4.43. The summed E-state index contributed by atoms with van der Waals surface area (Å²) in [6, 6.07) is 5.43. The highest BCUT2D eigenvalue weighted by atomic mass is 35.5. The van der Waals surface area contributed by atoms with Crippen LogP contribution in [0.5, 0.6) is 0 Å². The van der Waals surface area contributed by atoms with Crippen LogP contribution in [0, 0.1) is 5.92 Å². The molecule has 0 aliphatic carbocycles. The molecule has 0 saturated heterocycles. The molecular weight excluding hydrogens is 293 g/mol. The Hall–Kier alpha value is -1.03. The minimum Gasteiger partial charge on any atom is -0.328 e. The van der Waals surface area contributed by atoms with Gasteiger partial charge in [0.25, 0.3) is 0 Å². The second kappa shape index (κ2) is 5.76. The first-order valence-electron chi connectivity index (χ1n) is 6.58. The Labute approximate surface area is 129 Å². The highest BCUT2D eigenvalue weighted by Gasteiger charge is 2.31. The van der Waals surface area contributed by atoms with Crippen molar-refractivity contribution in [1.29, 1.82) is 0 Å². The third-order valence-corrected chi connectivity index (χ3v) is 4.61. The van der Waals surface area contributed by atoms with Crippen LogP contribution in [0.2, 0.25) is 10.0 Å². The number of rotatable bonds is 4. The molecule has 108 valence electrons. The molecule has 0 amide bonds. The molecule has 3 nitrogen and oxygen atoms in total. The van der Waals surface area contributed by atoms with Crippen LogP contribution >= 0.6 is 23.2 Å². The van der Waals surface area contributed by atoms with Gasteiger partial charge in [-0.3, -0.25) is 0 Å². The third-order valence-electron chi connectivity index (χ3n) is 4.05. The zero-order valence-electron chi connectivity index (χ0n) is 11.9. The summed E-state index contributed by atoms with van der Waals surface area (Å²) in [5, 5.41) is 1.30. The lowest BCUT2D eigenvalue weighted by Crippen LogP contribution is -2.42. The highest BCUT2D eigenvalue weighted by molar-refractivity contribution is 6.35. The fraction of sp³-hybridized carbons (Fsp3) is 0.400. The molecule has 0 fully saturated rings. The highest BCUT2D eigenvalue weighted by Crippen LogP contribution is 2.35. The molecule has 0 saturated carbocycles. The lowest BCUT2D eigenvalue weighted by atomic mass is 9.87. The number of hydrogen-bond acceptors (Lipinski definition) is 2. The third kappa shape index (κ3) is 2.58. The number of benzene rings is 1. The second-order valence-corrected chi connectivity index (χ2v) is 6.33. The second-order valence-electron chi connectivity index (χ2n) is 5.49. The van der Waals surface area contributed by atoms with Crippen molar-refractivity contribution >= 4 is 23.2 Å². The van der Waals surface area contributed by atoms with Crippen LogP contribution in [-0.2, 0) is 5.54 Å². The maximum atomic E-state index is 6.30. The zero-order valence-corrected chi connectivity index (χ0v) is 13.4. The van der Waals surface area contributed by atoms with E-state index in [-0.39, 0.29) is 5.54 Å². The van der Waals surface area contributed by atoms with Crippen LogP contribution in [0.3, 0.4) is 0 Å². The Morgan fingerprint density at radius 2 is 2.05 bits per heavy atom. The summed E-state index contributed by atoms with van der Waals surface area (Å²) in [5.41, 5.74) is 7.58. The van der Waals surface area contributed by atoms with Crippen LogP contribution in [0.1, 0.15) is 20.8 Å².